The molecule has 0 amide bonds. The van der Waals surface area contributed by atoms with Gasteiger partial charge in [0, 0.05) is 17.5 Å². The lowest BCUT2D eigenvalue weighted by molar-refractivity contribution is -0.158. The van der Waals surface area contributed by atoms with Crippen LogP contribution in [0.25, 0.3) is 11.1 Å². The van der Waals surface area contributed by atoms with Gasteiger partial charge in [0.15, 0.2) is 17.9 Å². The molecule has 0 saturated carbocycles. The summed E-state index contributed by atoms with van der Waals surface area (Å²) in [5.74, 6) is -1.68. The highest BCUT2D eigenvalue weighted by Gasteiger charge is 2.38. The van der Waals surface area contributed by atoms with Gasteiger partial charge >= 0.3 is 11.9 Å². The molecular weight excluding hydrogens is 590 g/mol. The monoisotopic (exact) mass is 633 g/mol. The van der Waals surface area contributed by atoms with E-state index in [9.17, 15) is 22.8 Å². The lowest BCUT2D eigenvalue weighted by Crippen LogP contribution is -2.47. The largest absolute Gasteiger partial charge is 0.465 e. The lowest BCUT2D eigenvalue weighted by atomic mass is 10.0. The Balaban J connectivity index is 1.50. The number of carbonyl (C=O) groups excluding carboxylic acids is 3. The molecule has 0 aliphatic heterocycles. The summed E-state index contributed by atoms with van der Waals surface area (Å²) in [6.07, 6.45) is 8.70. The van der Waals surface area contributed by atoms with Crippen LogP contribution in [0.3, 0.4) is 0 Å². The van der Waals surface area contributed by atoms with Crippen molar-refractivity contribution in [1.82, 2.24) is 4.72 Å². The summed E-state index contributed by atoms with van der Waals surface area (Å²) < 4.78 is 41.0. The van der Waals surface area contributed by atoms with Gasteiger partial charge < -0.3 is 9.47 Å². The predicted octanol–water partition coefficient (Wildman–Crippen LogP) is 7.31. The fraction of sp³-hybridized carbons (Fsp3) is 0.417. The number of sulfonamides is 1. The zero-order valence-electron chi connectivity index (χ0n) is 26.1. The van der Waals surface area contributed by atoms with Crippen molar-refractivity contribution >= 4 is 27.7 Å². The van der Waals surface area contributed by atoms with E-state index in [0.29, 0.717) is 23.1 Å². The smallest absolute Gasteiger partial charge is 0.328 e. The minimum atomic E-state index is -4.37. The van der Waals surface area contributed by atoms with Crippen molar-refractivity contribution in [2.24, 2.45) is 0 Å². The van der Waals surface area contributed by atoms with Gasteiger partial charge in [-0.25, -0.2) is 8.42 Å². The third-order valence-corrected chi connectivity index (χ3v) is 9.44. The summed E-state index contributed by atoms with van der Waals surface area (Å²) in [5.41, 5.74) is 2.59. The molecule has 3 aromatic rings. The molecule has 1 aliphatic carbocycles. The van der Waals surface area contributed by atoms with Gasteiger partial charge in [-0.05, 0) is 42.2 Å². The number of fused-ring (bicyclic) bond motifs is 3. The van der Waals surface area contributed by atoms with Gasteiger partial charge in [-0.1, -0.05) is 119 Å². The number of rotatable bonds is 18. The number of hydrogen-bond acceptors (Lipinski definition) is 7. The first-order valence-electron chi connectivity index (χ1n) is 16.0. The number of carbonyl (C=O) groups is 3. The molecule has 0 aromatic heterocycles. The highest BCUT2D eigenvalue weighted by Crippen LogP contribution is 2.37. The zero-order chi connectivity index (χ0) is 32.2. The molecule has 1 aliphatic rings. The number of ketones is 1. The Hall–Kier alpha value is -3.82. The topological polar surface area (TPSA) is 116 Å². The summed E-state index contributed by atoms with van der Waals surface area (Å²) in [6, 6.07) is 18.4. The summed E-state index contributed by atoms with van der Waals surface area (Å²) in [7, 11) is -4.37. The van der Waals surface area contributed by atoms with Gasteiger partial charge in [0.1, 0.15) is 0 Å². The van der Waals surface area contributed by atoms with Crippen molar-refractivity contribution in [3.05, 3.63) is 89.5 Å². The van der Waals surface area contributed by atoms with E-state index in [2.05, 4.69) is 11.6 Å². The normalized spacial score (nSPS) is 13.5. The van der Waals surface area contributed by atoms with E-state index < -0.39 is 34.1 Å². The fourth-order valence-corrected chi connectivity index (χ4v) is 6.84. The second-order valence-corrected chi connectivity index (χ2v) is 13.0. The molecule has 0 fully saturated rings. The minimum absolute atomic E-state index is 0.00341. The van der Waals surface area contributed by atoms with Crippen LogP contribution < -0.4 is 4.72 Å². The predicted molar refractivity (Wildman–Crippen MR) is 173 cm³/mol. The van der Waals surface area contributed by atoms with E-state index in [1.165, 1.54) is 44.2 Å². The SMILES string of the molecule is CCCCCCCCCCCC(=O)O[C@H](c1ccccc1)[C@H](NS(=O)(=O)c1ccc2c(c1)C(=O)c1ccccc1-2)C(=O)OCC. The zero-order valence-corrected chi connectivity index (χ0v) is 26.9. The van der Waals surface area contributed by atoms with Crippen molar-refractivity contribution in [2.45, 2.75) is 95.1 Å². The lowest BCUT2D eigenvalue weighted by Gasteiger charge is -2.27. The highest BCUT2D eigenvalue weighted by molar-refractivity contribution is 7.89. The van der Waals surface area contributed by atoms with Gasteiger partial charge in [-0.2, -0.15) is 4.72 Å². The Labute approximate surface area is 266 Å². The Kier molecular flexibility index (Phi) is 12.5. The maximum Gasteiger partial charge on any atom is 0.328 e. The van der Waals surface area contributed by atoms with Gasteiger partial charge in [-0.3, -0.25) is 14.4 Å². The van der Waals surface area contributed by atoms with E-state index in [0.717, 1.165) is 24.8 Å². The molecule has 2 atom stereocenters. The van der Waals surface area contributed by atoms with Gasteiger partial charge in [0.25, 0.3) is 0 Å². The van der Waals surface area contributed by atoms with E-state index in [1.807, 2.05) is 12.1 Å². The molecule has 0 spiro atoms. The van der Waals surface area contributed by atoms with Crippen molar-refractivity contribution in [3.8, 4) is 11.1 Å². The number of unbranched alkanes of at least 4 members (excludes halogenated alkanes) is 8. The van der Waals surface area contributed by atoms with Crippen LogP contribution in [0.5, 0.6) is 0 Å². The molecule has 45 heavy (non-hydrogen) atoms. The molecule has 0 radical (unpaired) electrons. The summed E-state index contributed by atoms with van der Waals surface area (Å²) >= 11 is 0. The number of hydrogen-bond donors (Lipinski definition) is 1. The average Bonchev–Trinajstić information content (AvgIpc) is 3.33. The molecule has 0 saturated heterocycles. The van der Waals surface area contributed by atoms with E-state index >= 15 is 0 Å². The van der Waals surface area contributed by atoms with Crippen LogP contribution in [-0.4, -0.2) is 38.8 Å². The molecule has 0 bridgehead atoms. The molecule has 1 N–H and O–H groups in total. The van der Waals surface area contributed by atoms with Crippen LogP contribution in [0, 0.1) is 0 Å². The maximum atomic E-state index is 13.7. The van der Waals surface area contributed by atoms with E-state index in [-0.39, 0.29) is 29.3 Å². The first-order valence-corrected chi connectivity index (χ1v) is 17.5. The third-order valence-electron chi connectivity index (χ3n) is 8.00. The van der Waals surface area contributed by atoms with E-state index in [4.69, 9.17) is 9.47 Å². The van der Waals surface area contributed by atoms with Gasteiger partial charge in [0.05, 0.1) is 11.5 Å². The van der Waals surface area contributed by atoms with Crippen molar-refractivity contribution in [2.75, 3.05) is 6.61 Å². The minimum Gasteiger partial charge on any atom is -0.465 e. The molecule has 0 heterocycles. The average molecular weight is 634 g/mol. The Morgan fingerprint density at radius 2 is 1.33 bits per heavy atom. The Morgan fingerprint density at radius 3 is 2.00 bits per heavy atom. The van der Waals surface area contributed by atoms with E-state index in [1.54, 1.807) is 55.5 Å². The second kappa shape index (κ2) is 16.5. The van der Waals surface area contributed by atoms with Crippen molar-refractivity contribution < 1.29 is 32.3 Å². The van der Waals surface area contributed by atoms with Crippen LogP contribution in [0.1, 0.15) is 106 Å². The van der Waals surface area contributed by atoms with Crippen LogP contribution in [0.2, 0.25) is 0 Å². The maximum absolute atomic E-state index is 13.7. The molecule has 3 aromatic carbocycles. The highest BCUT2D eigenvalue weighted by atomic mass is 32.2. The number of esters is 2. The third kappa shape index (κ3) is 8.89. The molecular formula is C36H43NO7S. The molecule has 240 valence electrons. The van der Waals surface area contributed by atoms with Crippen LogP contribution in [0.4, 0.5) is 0 Å². The second-order valence-electron chi connectivity index (χ2n) is 11.3. The first-order chi connectivity index (χ1) is 21.8. The number of ether oxygens (including phenoxy) is 2. The molecule has 0 unspecified atom stereocenters. The number of benzene rings is 3. The van der Waals surface area contributed by atoms with Gasteiger partial charge in [0.2, 0.25) is 10.0 Å². The molecule has 4 rings (SSSR count). The first kappa shape index (κ1) is 34.1. The fourth-order valence-electron chi connectivity index (χ4n) is 5.63. The van der Waals surface area contributed by atoms with Crippen molar-refractivity contribution in [3.63, 3.8) is 0 Å². The molecule has 8 nitrogen and oxygen atoms in total. The Bertz CT molecular complexity index is 1570. The van der Waals surface area contributed by atoms with Crippen molar-refractivity contribution in [1.29, 1.82) is 0 Å². The van der Waals surface area contributed by atoms with Crippen LogP contribution >= 0.6 is 0 Å². The van der Waals surface area contributed by atoms with Gasteiger partial charge in [-0.15, -0.1) is 0 Å². The van der Waals surface area contributed by atoms with Crippen LogP contribution in [0.15, 0.2) is 77.7 Å². The Morgan fingerprint density at radius 1 is 0.733 bits per heavy atom. The standard InChI is InChI=1S/C36H43NO7S/c1-3-5-6-7-8-9-10-11-15-22-32(38)44-35(26-18-13-12-14-19-26)33(36(40)43-4-2)37-45(41,42)27-23-24-29-28-20-16-17-21-30(28)34(39)31(29)25-27/h12-14,16-21,23-25,33,35,37H,3-11,15,22H2,1-2H3/t33-,35+/m0/s1. The van der Waals surface area contributed by atoms with Crippen LogP contribution in [-0.2, 0) is 29.1 Å². The summed E-state index contributed by atoms with van der Waals surface area (Å²) in [6.45, 7) is 3.80. The summed E-state index contributed by atoms with van der Waals surface area (Å²) in [4.78, 5) is 39.2. The molecule has 9 heteroatoms. The summed E-state index contributed by atoms with van der Waals surface area (Å²) in [5, 5.41) is 0. The quantitative estimate of drug-likeness (QED) is 0.0902. The number of nitrogens with one attached hydrogen (secondary N) is 1.